The highest BCUT2D eigenvalue weighted by atomic mass is 16.7. The summed E-state index contributed by atoms with van der Waals surface area (Å²) < 4.78 is 44.3. The van der Waals surface area contributed by atoms with Gasteiger partial charge in [0.1, 0.15) is 67.1 Å². The Bertz CT molecular complexity index is 1770. The summed E-state index contributed by atoms with van der Waals surface area (Å²) in [7, 11) is 0. The monoisotopic (exact) mass is 947 g/mol. The Morgan fingerprint density at radius 3 is 1.83 bits per heavy atom. The van der Waals surface area contributed by atoms with Gasteiger partial charge in [0, 0.05) is 5.92 Å². The molecule has 4 aliphatic heterocycles. The third-order valence-corrected chi connectivity index (χ3v) is 19.9. The standard InChI is InChI=1S/C47H78O19/c1-41(2)26(64-38-33(57)28(52)21(51)18-60-38)9-11-47-19-46(47)13-12-43(5)36(45(7)10-8-27(65-45)42(3,4)66-40-35(59)32(56)30(54)24(17-49)63-40)20(50)15-44(43,6)25(46)14-22(37(41)47)61-39-34(58)31(55)29(53)23(16-48)62-39/h20-40,48-59H,8-19H2,1-7H3/t20-,21?,22-,23?,24?,25?,26?,27-,28?,29?,30?,31?,32?,33?,34?,35?,36?,37?,38?,39?,40?,43+,44-,45+,46-,47+/m0/s1. The number of rotatable bonds is 10. The first-order valence-corrected chi connectivity index (χ1v) is 24.4. The summed E-state index contributed by atoms with van der Waals surface area (Å²) in [5.74, 6) is -0.523. The lowest BCUT2D eigenvalue weighted by atomic mass is 9.41. The first-order chi connectivity index (χ1) is 30.8. The van der Waals surface area contributed by atoms with E-state index in [1.807, 2.05) is 13.8 Å². The van der Waals surface area contributed by atoms with Crippen LogP contribution in [0.5, 0.6) is 0 Å². The van der Waals surface area contributed by atoms with E-state index in [1.54, 1.807) is 0 Å². The molecule has 9 fully saturated rings. The number of aliphatic hydroxyl groups is 12. The molecule has 0 radical (unpaired) electrons. The number of ether oxygens (including phenoxy) is 7. The zero-order valence-electron chi connectivity index (χ0n) is 39.3. The van der Waals surface area contributed by atoms with Crippen molar-refractivity contribution in [3.8, 4) is 0 Å². The SMILES string of the molecule is CC1(C)C(OC2OCC(O)C(O)C2O)CC[C@]23C[C@]24CC[C@]2(C)C([C@@]5(C)CC[C@@H](C(C)(C)OC6OC(CO)C(O)C(O)C6O)O5)[C@@H](O)C[C@@]2(C)C4C[C@H](OC2OC(CO)C(O)C(O)C2O)C13. The van der Waals surface area contributed by atoms with Crippen molar-refractivity contribution < 1.29 is 94.4 Å². The molecule has 4 saturated heterocycles. The fourth-order valence-electron chi connectivity index (χ4n) is 16.4. The molecule has 0 amide bonds. The average molecular weight is 947 g/mol. The molecule has 380 valence electrons. The quantitative estimate of drug-likeness (QED) is 0.112. The summed E-state index contributed by atoms with van der Waals surface area (Å²) in [4.78, 5) is 0. The Kier molecular flexibility index (Phi) is 12.9. The van der Waals surface area contributed by atoms with Gasteiger partial charge in [-0.05, 0) is 117 Å². The Balaban J connectivity index is 1.01. The van der Waals surface area contributed by atoms with Crippen LogP contribution in [-0.4, -0.2) is 203 Å². The van der Waals surface area contributed by atoms with E-state index in [0.717, 1.165) is 25.7 Å². The van der Waals surface area contributed by atoms with Gasteiger partial charge in [0.2, 0.25) is 0 Å². The molecule has 66 heavy (non-hydrogen) atoms. The minimum Gasteiger partial charge on any atom is -0.394 e. The van der Waals surface area contributed by atoms with Crippen molar-refractivity contribution in [1.29, 1.82) is 0 Å². The van der Waals surface area contributed by atoms with Gasteiger partial charge < -0.3 is 94.4 Å². The Morgan fingerprint density at radius 2 is 1.20 bits per heavy atom. The van der Waals surface area contributed by atoms with Gasteiger partial charge >= 0.3 is 0 Å². The molecule has 12 N–H and O–H groups in total. The van der Waals surface area contributed by atoms with Crippen molar-refractivity contribution in [2.24, 2.45) is 44.8 Å². The minimum atomic E-state index is -1.65. The molecule has 0 aromatic rings. The van der Waals surface area contributed by atoms with Crippen LogP contribution in [0.4, 0.5) is 0 Å². The second-order valence-corrected chi connectivity index (χ2v) is 23.8. The van der Waals surface area contributed by atoms with E-state index in [0.29, 0.717) is 32.1 Å². The maximum absolute atomic E-state index is 12.5. The van der Waals surface area contributed by atoms with Gasteiger partial charge in [0.25, 0.3) is 0 Å². The van der Waals surface area contributed by atoms with Gasteiger partial charge in [-0.3, -0.25) is 0 Å². The lowest BCUT2D eigenvalue weighted by molar-refractivity contribution is -0.339. The highest BCUT2D eigenvalue weighted by molar-refractivity contribution is 5.33. The lowest BCUT2D eigenvalue weighted by Crippen LogP contribution is -2.65. The molecule has 19 heteroatoms. The average Bonchev–Trinajstić information content (AvgIpc) is 3.63. The fraction of sp³-hybridized carbons (Fsp3) is 1.00. The van der Waals surface area contributed by atoms with Crippen molar-refractivity contribution in [3.05, 3.63) is 0 Å². The van der Waals surface area contributed by atoms with Crippen LogP contribution in [-0.2, 0) is 33.2 Å². The predicted octanol–water partition coefficient (Wildman–Crippen LogP) is -1.45. The van der Waals surface area contributed by atoms with Crippen molar-refractivity contribution in [2.75, 3.05) is 19.8 Å². The van der Waals surface area contributed by atoms with Crippen LogP contribution < -0.4 is 0 Å². The normalized spacial score (nSPS) is 58.0. The number of hydrogen-bond donors (Lipinski definition) is 12. The molecular weight excluding hydrogens is 868 g/mol. The summed E-state index contributed by atoms with van der Waals surface area (Å²) in [6, 6.07) is 0. The van der Waals surface area contributed by atoms with Crippen LogP contribution >= 0.6 is 0 Å². The van der Waals surface area contributed by atoms with E-state index in [-0.39, 0.29) is 35.2 Å². The first kappa shape index (κ1) is 50.2. The lowest BCUT2D eigenvalue weighted by Gasteiger charge is -2.65. The smallest absolute Gasteiger partial charge is 0.187 e. The molecule has 2 spiro atoms. The summed E-state index contributed by atoms with van der Waals surface area (Å²) >= 11 is 0. The fourth-order valence-corrected chi connectivity index (χ4v) is 16.4. The molecule has 0 aromatic heterocycles. The van der Waals surface area contributed by atoms with Crippen molar-refractivity contribution in [2.45, 2.75) is 228 Å². The van der Waals surface area contributed by atoms with Crippen LogP contribution in [0.3, 0.4) is 0 Å². The van der Waals surface area contributed by atoms with Gasteiger partial charge in [-0.1, -0.05) is 27.7 Å². The molecule has 5 aliphatic carbocycles. The molecule has 9 rings (SSSR count). The van der Waals surface area contributed by atoms with Crippen molar-refractivity contribution >= 4 is 0 Å². The highest BCUT2D eigenvalue weighted by Gasteiger charge is 2.85. The van der Waals surface area contributed by atoms with E-state index in [2.05, 4.69) is 34.6 Å². The maximum Gasteiger partial charge on any atom is 0.187 e. The van der Waals surface area contributed by atoms with E-state index < -0.39 is 151 Å². The summed E-state index contributed by atoms with van der Waals surface area (Å²) in [6.45, 7) is 13.0. The maximum atomic E-state index is 12.5. The van der Waals surface area contributed by atoms with Gasteiger partial charge in [0.15, 0.2) is 18.9 Å². The summed E-state index contributed by atoms with van der Waals surface area (Å²) in [5, 5.41) is 129. The minimum absolute atomic E-state index is 0.00898. The second kappa shape index (κ2) is 16.9. The van der Waals surface area contributed by atoms with E-state index >= 15 is 0 Å². The summed E-state index contributed by atoms with van der Waals surface area (Å²) in [5.41, 5.74) is -3.88. The summed E-state index contributed by atoms with van der Waals surface area (Å²) in [6.07, 6.45) is -16.3. The van der Waals surface area contributed by atoms with Gasteiger partial charge in [0.05, 0.1) is 55.4 Å². The number of hydrogen-bond acceptors (Lipinski definition) is 19. The van der Waals surface area contributed by atoms with Gasteiger partial charge in [-0.25, -0.2) is 0 Å². The zero-order chi connectivity index (χ0) is 48.1. The Labute approximate surface area is 386 Å². The van der Waals surface area contributed by atoms with Crippen LogP contribution in [0.25, 0.3) is 0 Å². The molecular formula is C47H78O19. The van der Waals surface area contributed by atoms with E-state index in [4.69, 9.17) is 33.2 Å². The number of aliphatic hydroxyl groups excluding tert-OH is 12. The third kappa shape index (κ3) is 7.22. The number of fused-ring (bicyclic) bond motifs is 2. The van der Waals surface area contributed by atoms with Crippen LogP contribution in [0.2, 0.25) is 0 Å². The van der Waals surface area contributed by atoms with Crippen LogP contribution in [0, 0.1) is 44.8 Å². The molecule has 18 unspecified atom stereocenters. The molecule has 26 atom stereocenters. The predicted molar refractivity (Wildman–Crippen MR) is 226 cm³/mol. The van der Waals surface area contributed by atoms with Crippen LogP contribution in [0.1, 0.15) is 106 Å². The van der Waals surface area contributed by atoms with Crippen LogP contribution in [0.15, 0.2) is 0 Å². The third-order valence-electron chi connectivity index (χ3n) is 19.9. The highest BCUT2D eigenvalue weighted by Crippen LogP contribution is 2.89. The molecule has 0 aromatic carbocycles. The Morgan fingerprint density at radius 1 is 0.591 bits per heavy atom. The van der Waals surface area contributed by atoms with E-state index in [9.17, 15) is 61.3 Å². The molecule has 4 heterocycles. The largest absolute Gasteiger partial charge is 0.394 e. The Hall–Kier alpha value is -0.760. The molecule has 5 saturated carbocycles. The second-order valence-electron chi connectivity index (χ2n) is 23.8. The first-order valence-electron chi connectivity index (χ1n) is 24.4. The van der Waals surface area contributed by atoms with Gasteiger partial charge in [-0.2, -0.15) is 0 Å². The molecule has 0 bridgehead atoms. The van der Waals surface area contributed by atoms with Gasteiger partial charge in [-0.15, -0.1) is 0 Å². The van der Waals surface area contributed by atoms with Crippen molar-refractivity contribution in [1.82, 2.24) is 0 Å². The topological polar surface area (TPSA) is 307 Å². The van der Waals surface area contributed by atoms with E-state index in [1.165, 1.54) is 0 Å². The zero-order valence-corrected chi connectivity index (χ0v) is 39.3. The molecule has 19 nitrogen and oxygen atoms in total. The molecule has 9 aliphatic rings. The van der Waals surface area contributed by atoms with Crippen molar-refractivity contribution in [3.63, 3.8) is 0 Å².